The van der Waals surface area contributed by atoms with Gasteiger partial charge in [-0.1, -0.05) is 25.1 Å². The number of fused-ring (bicyclic) bond motifs is 1. The molecule has 0 aliphatic carbocycles. The van der Waals surface area contributed by atoms with Gasteiger partial charge in [0.1, 0.15) is 11.9 Å². The molecule has 2 unspecified atom stereocenters. The highest BCUT2D eigenvalue weighted by atomic mass is 16.5. The fraction of sp³-hybridized carbons (Fsp3) is 0.538. The summed E-state index contributed by atoms with van der Waals surface area (Å²) in [6, 6.07) is 8.88. The van der Waals surface area contributed by atoms with Gasteiger partial charge in [-0.3, -0.25) is 0 Å². The Kier molecular flexibility index (Phi) is 3.27. The molecule has 15 heavy (non-hydrogen) atoms. The molecule has 1 aromatic rings. The predicted molar refractivity (Wildman–Crippen MR) is 62.3 cm³/mol. The minimum Gasteiger partial charge on any atom is -0.490 e. The fourth-order valence-electron chi connectivity index (χ4n) is 2.21. The predicted octanol–water partition coefficient (Wildman–Crippen LogP) is 2.38. The molecule has 0 amide bonds. The van der Waals surface area contributed by atoms with Gasteiger partial charge in [-0.2, -0.15) is 0 Å². The highest BCUT2D eigenvalue weighted by Crippen LogP contribution is 2.29. The van der Waals surface area contributed by atoms with Crippen LogP contribution in [0.5, 0.6) is 5.75 Å². The lowest BCUT2D eigenvalue weighted by Crippen LogP contribution is -2.31. The van der Waals surface area contributed by atoms with Gasteiger partial charge in [-0.15, -0.1) is 0 Å². The Morgan fingerprint density at radius 2 is 2.27 bits per heavy atom. The average molecular weight is 205 g/mol. The molecular weight excluding hydrogens is 186 g/mol. The first-order valence-electron chi connectivity index (χ1n) is 5.77. The van der Waals surface area contributed by atoms with Crippen LogP contribution in [0.15, 0.2) is 24.3 Å². The van der Waals surface area contributed by atoms with Crippen LogP contribution in [0.1, 0.15) is 25.8 Å². The second-order valence-electron chi connectivity index (χ2n) is 4.25. The number of hydrogen-bond donors (Lipinski definition) is 1. The molecule has 82 valence electrons. The van der Waals surface area contributed by atoms with Gasteiger partial charge in [0.05, 0.1) is 0 Å². The standard InChI is InChI=1S/C13H19NO/c1-3-14-10(2)8-12-9-11-6-4-5-7-13(11)15-12/h4-7,10,12,14H,3,8-9H2,1-2H3. The van der Waals surface area contributed by atoms with E-state index in [0.29, 0.717) is 12.1 Å². The van der Waals surface area contributed by atoms with E-state index in [2.05, 4.69) is 37.4 Å². The van der Waals surface area contributed by atoms with Gasteiger partial charge >= 0.3 is 0 Å². The SMILES string of the molecule is CCNC(C)CC1Cc2ccccc2O1. The maximum Gasteiger partial charge on any atom is 0.123 e. The van der Waals surface area contributed by atoms with E-state index in [1.807, 2.05) is 6.07 Å². The lowest BCUT2D eigenvalue weighted by molar-refractivity contribution is 0.205. The van der Waals surface area contributed by atoms with Gasteiger partial charge in [0.15, 0.2) is 0 Å². The molecule has 1 aromatic carbocycles. The Morgan fingerprint density at radius 1 is 1.47 bits per heavy atom. The second kappa shape index (κ2) is 4.67. The van der Waals surface area contributed by atoms with Crippen LogP contribution in [-0.4, -0.2) is 18.7 Å². The zero-order valence-corrected chi connectivity index (χ0v) is 9.49. The topological polar surface area (TPSA) is 21.3 Å². The summed E-state index contributed by atoms with van der Waals surface area (Å²) in [5, 5.41) is 3.42. The van der Waals surface area contributed by atoms with Crippen molar-refractivity contribution in [1.82, 2.24) is 5.32 Å². The minimum absolute atomic E-state index is 0.358. The third kappa shape index (κ3) is 2.51. The van der Waals surface area contributed by atoms with Crippen molar-refractivity contribution in [2.45, 2.75) is 38.8 Å². The molecule has 1 aliphatic heterocycles. The number of rotatable bonds is 4. The Labute approximate surface area is 91.6 Å². The molecule has 2 rings (SSSR count). The van der Waals surface area contributed by atoms with E-state index in [1.54, 1.807) is 0 Å². The number of ether oxygens (including phenoxy) is 1. The van der Waals surface area contributed by atoms with Crippen molar-refractivity contribution in [3.8, 4) is 5.75 Å². The first-order chi connectivity index (χ1) is 7.29. The van der Waals surface area contributed by atoms with E-state index in [1.165, 1.54) is 5.56 Å². The molecular formula is C13H19NO. The minimum atomic E-state index is 0.358. The number of para-hydroxylation sites is 1. The highest BCUT2D eigenvalue weighted by Gasteiger charge is 2.23. The second-order valence-corrected chi connectivity index (χ2v) is 4.25. The molecule has 0 saturated carbocycles. The van der Waals surface area contributed by atoms with Crippen molar-refractivity contribution in [3.63, 3.8) is 0 Å². The van der Waals surface area contributed by atoms with Crippen LogP contribution >= 0.6 is 0 Å². The maximum atomic E-state index is 5.88. The molecule has 2 heteroatoms. The molecule has 0 fully saturated rings. The molecule has 0 radical (unpaired) electrons. The van der Waals surface area contributed by atoms with E-state index >= 15 is 0 Å². The first-order valence-corrected chi connectivity index (χ1v) is 5.77. The fourth-order valence-corrected chi connectivity index (χ4v) is 2.21. The summed E-state index contributed by atoms with van der Waals surface area (Å²) in [6.07, 6.45) is 2.51. The first kappa shape index (κ1) is 10.5. The third-order valence-corrected chi connectivity index (χ3v) is 2.88. The number of nitrogens with one attached hydrogen (secondary N) is 1. The summed E-state index contributed by atoms with van der Waals surface area (Å²) < 4.78 is 5.88. The molecule has 1 aliphatic rings. The van der Waals surface area contributed by atoms with Crippen LogP contribution in [0.3, 0.4) is 0 Å². The Morgan fingerprint density at radius 3 is 3.00 bits per heavy atom. The Balaban J connectivity index is 1.90. The summed E-state index contributed by atoms with van der Waals surface area (Å²) in [5.41, 5.74) is 1.35. The molecule has 1 N–H and O–H groups in total. The van der Waals surface area contributed by atoms with Crippen LogP contribution in [0.4, 0.5) is 0 Å². The monoisotopic (exact) mass is 205 g/mol. The molecule has 0 spiro atoms. The van der Waals surface area contributed by atoms with E-state index < -0.39 is 0 Å². The maximum absolute atomic E-state index is 5.88. The van der Waals surface area contributed by atoms with Crippen LogP contribution in [0, 0.1) is 0 Å². The molecule has 1 heterocycles. The summed E-state index contributed by atoms with van der Waals surface area (Å²) in [5.74, 6) is 1.08. The van der Waals surface area contributed by atoms with Crippen molar-refractivity contribution < 1.29 is 4.74 Å². The van der Waals surface area contributed by atoms with Crippen LogP contribution in [0.25, 0.3) is 0 Å². The van der Waals surface area contributed by atoms with Crippen molar-refractivity contribution in [2.24, 2.45) is 0 Å². The van der Waals surface area contributed by atoms with Crippen LogP contribution < -0.4 is 10.1 Å². The Bertz CT molecular complexity index is 299. The van der Waals surface area contributed by atoms with E-state index in [9.17, 15) is 0 Å². The van der Waals surface area contributed by atoms with E-state index in [0.717, 1.165) is 25.1 Å². The largest absolute Gasteiger partial charge is 0.490 e. The summed E-state index contributed by atoms with van der Waals surface area (Å²) in [4.78, 5) is 0. The summed E-state index contributed by atoms with van der Waals surface area (Å²) in [7, 11) is 0. The van der Waals surface area contributed by atoms with Crippen molar-refractivity contribution >= 4 is 0 Å². The van der Waals surface area contributed by atoms with Gasteiger partial charge in [-0.25, -0.2) is 0 Å². The van der Waals surface area contributed by atoms with E-state index in [4.69, 9.17) is 4.74 Å². The molecule has 0 saturated heterocycles. The average Bonchev–Trinajstić information content (AvgIpc) is 2.59. The van der Waals surface area contributed by atoms with Crippen molar-refractivity contribution in [1.29, 1.82) is 0 Å². The zero-order valence-electron chi connectivity index (χ0n) is 9.49. The van der Waals surface area contributed by atoms with Gasteiger partial charge in [-0.05, 0) is 31.5 Å². The number of benzene rings is 1. The molecule has 0 bridgehead atoms. The molecule has 0 aromatic heterocycles. The Hall–Kier alpha value is -1.02. The molecule has 2 atom stereocenters. The van der Waals surface area contributed by atoms with Gasteiger partial charge in [0, 0.05) is 12.5 Å². The summed E-state index contributed by atoms with van der Waals surface area (Å²) >= 11 is 0. The van der Waals surface area contributed by atoms with Gasteiger partial charge in [0.2, 0.25) is 0 Å². The van der Waals surface area contributed by atoms with Gasteiger partial charge in [0.25, 0.3) is 0 Å². The third-order valence-electron chi connectivity index (χ3n) is 2.88. The zero-order chi connectivity index (χ0) is 10.7. The lowest BCUT2D eigenvalue weighted by atomic mass is 10.0. The highest BCUT2D eigenvalue weighted by molar-refractivity contribution is 5.37. The smallest absolute Gasteiger partial charge is 0.123 e. The van der Waals surface area contributed by atoms with Gasteiger partial charge < -0.3 is 10.1 Å². The number of hydrogen-bond acceptors (Lipinski definition) is 2. The quantitative estimate of drug-likeness (QED) is 0.815. The van der Waals surface area contributed by atoms with Crippen molar-refractivity contribution in [2.75, 3.05) is 6.54 Å². The lowest BCUT2D eigenvalue weighted by Gasteiger charge is -2.17. The normalized spacial score (nSPS) is 20.8. The van der Waals surface area contributed by atoms with E-state index in [-0.39, 0.29) is 0 Å². The van der Waals surface area contributed by atoms with Crippen molar-refractivity contribution in [3.05, 3.63) is 29.8 Å². The molecule has 2 nitrogen and oxygen atoms in total. The van der Waals surface area contributed by atoms with Crippen LogP contribution in [-0.2, 0) is 6.42 Å². The van der Waals surface area contributed by atoms with Crippen LogP contribution in [0.2, 0.25) is 0 Å². The summed E-state index contributed by atoms with van der Waals surface area (Å²) in [6.45, 7) is 5.39.